The Balaban J connectivity index is 1.44. The van der Waals surface area contributed by atoms with Crippen molar-refractivity contribution in [2.75, 3.05) is 5.75 Å². The molecule has 0 N–H and O–H groups in total. The van der Waals surface area contributed by atoms with Crippen LogP contribution in [0.5, 0.6) is 0 Å². The van der Waals surface area contributed by atoms with Crippen LogP contribution in [-0.2, 0) is 12.2 Å². The van der Waals surface area contributed by atoms with Gasteiger partial charge < -0.3 is 0 Å². The zero-order valence-corrected chi connectivity index (χ0v) is 16.4. The van der Waals surface area contributed by atoms with Gasteiger partial charge in [0.15, 0.2) is 5.82 Å². The number of pyridine rings is 1. The normalized spacial score (nSPS) is 11.2. The lowest BCUT2D eigenvalue weighted by Crippen LogP contribution is -1.96. The Morgan fingerprint density at radius 3 is 2.84 bits per heavy atom. The predicted octanol–water partition coefficient (Wildman–Crippen LogP) is 4.49. The van der Waals surface area contributed by atoms with E-state index in [0.717, 1.165) is 43.8 Å². The Labute approximate surface area is 161 Å². The Morgan fingerprint density at radius 2 is 2.00 bits per heavy atom. The molecule has 0 spiro atoms. The molecule has 1 aromatic carbocycles. The zero-order chi connectivity index (χ0) is 17.1. The number of hydrogen-bond acceptors (Lipinski definition) is 6. The molecule has 0 amide bonds. The highest BCUT2D eigenvalue weighted by molar-refractivity contribution is 9.10. The molecule has 3 aromatic heterocycles. The molecule has 4 rings (SSSR count). The number of benzene rings is 1. The Kier molecular flexibility index (Phi) is 5.09. The van der Waals surface area contributed by atoms with E-state index < -0.39 is 0 Å². The topological polar surface area (TPSA) is 56.0 Å². The molecule has 8 heteroatoms. The number of thioether (sulfide) groups is 1. The highest BCUT2D eigenvalue weighted by atomic mass is 79.9. The second-order valence-corrected chi connectivity index (χ2v) is 8.37. The maximum Gasteiger partial charge on any atom is 0.235 e. The Morgan fingerprint density at radius 1 is 1.12 bits per heavy atom. The number of rotatable bonds is 6. The molecule has 4 aromatic rings. The van der Waals surface area contributed by atoms with Crippen LogP contribution in [-0.4, -0.2) is 30.5 Å². The van der Waals surface area contributed by atoms with Gasteiger partial charge in [0.05, 0.1) is 5.75 Å². The number of aryl methyl sites for hydroxylation is 1. The highest BCUT2D eigenvalue weighted by Crippen LogP contribution is 2.27. The van der Waals surface area contributed by atoms with E-state index in [1.165, 1.54) is 16.9 Å². The summed E-state index contributed by atoms with van der Waals surface area (Å²) in [5, 5.41) is 14.1. The van der Waals surface area contributed by atoms with Gasteiger partial charge in [0, 0.05) is 22.4 Å². The fourth-order valence-electron chi connectivity index (χ4n) is 2.39. The molecule has 0 saturated heterocycles. The van der Waals surface area contributed by atoms with Gasteiger partial charge in [-0.25, -0.2) is 0 Å². The van der Waals surface area contributed by atoms with Crippen molar-refractivity contribution in [1.29, 1.82) is 0 Å². The average molecular weight is 432 g/mol. The fourth-order valence-corrected chi connectivity index (χ4v) is 4.48. The quantitative estimate of drug-likeness (QED) is 0.421. The Hall–Kier alpha value is -1.77. The van der Waals surface area contributed by atoms with Gasteiger partial charge in [0.2, 0.25) is 4.96 Å². The minimum atomic E-state index is 0.800. The lowest BCUT2D eigenvalue weighted by atomic mass is 10.2. The van der Waals surface area contributed by atoms with Gasteiger partial charge in [-0.15, -0.1) is 10.2 Å². The summed E-state index contributed by atoms with van der Waals surface area (Å²) in [4.78, 5) is 5.01. The first kappa shape index (κ1) is 16.7. The van der Waals surface area contributed by atoms with Crippen molar-refractivity contribution in [3.8, 4) is 10.6 Å². The molecule has 5 nitrogen and oxygen atoms in total. The molecule has 0 radical (unpaired) electrons. The molecular formula is C17H14BrN5S2. The van der Waals surface area contributed by atoms with E-state index in [1.807, 2.05) is 34.6 Å². The second kappa shape index (κ2) is 7.63. The van der Waals surface area contributed by atoms with E-state index in [2.05, 4.69) is 60.5 Å². The molecule has 126 valence electrons. The first-order valence-electron chi connectivity index (χ1n) is 7.73. The van der Waals surface area contributed by atoms with E-state index >= 15 is 0 Å². The van der Waals surface area contributed by atoms with Gasteiger partial charge in [-0.05, 0) is 39.7 Å². The number of halogens is 1. The average Bonchev–Trinajstić information content (AvgIpc) is 3.21. The highest BCUT2D eigenvalue weighted by Gasteiger charge is 2.13. The van der Waals surface area contributed by atoms with Crippen LogP contribution in [0.15, 0.2) is 53.3 Å². The van der Waals surface area contributed by atoms with E-state index in [1.54, 1.807) is 6.20 Å². The van der Waals surface area contributed by atoms with Crippen LogP contribution in [0.3, 0.4) is 0 Å². The Bertz CT molecular complexity index is 983. The van der Waals surface area contributed by atoms with Gasteiger partial charge in [-0.2, -0.15) is 21.4 Å². The molecule has 0 unspecified atom stereocenters. The van der Waals surface area contributed by atoms with E-state index in [9.17, 15) is 0 Å². The molecule has 25 heavy (non-hydrogen) atoms. The van der Waals surface area contributed by atoms with E-state index in [4.69, 9.17) is 0 Å². The summed E-state index contributed by atoms with van der Waals surface area (Å²) >= 11 is 6.82. The lowest BCUT2D eigenvalue weighted by Gasteiger charge is -2.00. The number of fused-ring (bicyclic) bond motifs is 1. The maximum absolute atomic E-state index is 4.66. The molecule has 0 aliphatic heterocycles. The monoisotopic (exact) mass is 431 g/mol. The third-order valence-corrected chi connectivity index (χ3v) is 5.95. The van der Waals surface area contributed by atoms with Crippen LogP contribution >= 0.6 is 39.0 Å². The predicted molar refractivity (Wildman–Crippen MR) is 106 cm³/mol. The van der Waals surface area contributed by atoms with Crippen molar-refractivity contribution >= 4 is 44.0 Å². The van der Waals surface area contributed by atoms with Crippen LogP contribution in [0.1, 0.15) is 11.4 Å². The second-order valence-electron chi connectivity index (χ2n) is 5.40. The minimum absolute atomic E-state index is 0.800. The third-order valence-electron chi connectivity index (χ3n) is 3.62. The largest absolute Gasteiger partial charge is 0.263 e. The van der Waals surface area contributed by atoms with E-state index in [0.29, 0.717) is 0 Å². The van der Waals surface area contributed by atoms with Crippen LogP contribution < -0.4 is 0 Å². The van der Waals surface area contributed by atoms with Crippen molar-refractivity contribution < 1.29 is 0 Å². The first-order valence-corrected chi connectivity index (χ1v) is 10.5. The summed E-state index contributed by atoms with van der Waals surface area (Å²) in [6.07, 6.45) is 4.63. The van der Waals surface area contributed by atoms with Crippen molar-refractivity contribution in [3.63, 3.8) is 0 Å². The SMILES string of the molecule is Brc1cncc(-c2nn3c(CSCCc4ccccc4)nnc3s2)c1. The molecule has 0 saturated carbocycles. The maximum atomic E-state index is 4.66. The van der Waals surface area contributed by atoms with Gasteiger partial charge in [-0.1, -0.05) is 41.7 Å². The lowest BCUT2D eigenvalue weighted by molar-refractivity contribution is 0.886. The molecule has 0 aliphatic rings. The molecule has 0 atom stereocenters. The molecule has 3 heterocycles. The molecule has 0 fully saturated rings. The fraction of sp³-hybridized carbons (Fsp3) is 0.176. The standard InChI is InChI=1S/C17H14BrN5S2/c18-14-8-13(9-19-10-14)16-22-23-15(20-21-17(23)25-16)11-24-7-6-12-4-2-1-3-5-12/h1-5,8-10H,6-7,11H2. The van der Waals surface area contributed by atoms with Crippen LogP contribution in [0.4, 0.5) is 0 Å². The molecule has 0 aliphatic carbocycles. The van der Waals surface area contributed by atoms with E-state index in [-0.39, 0.29) is 0 Å². The van der Waals surface area contributed by atoms with Crippen LogP contribution in [0.2, 0.25) is 0 Å². The van der Waals surface area contributed by atoms with Crippen molar-refractivity contribution in [1.82, 2.24) is 24.8 Å². The smallest absolute Gasteiger partial charge is 0.235 e. The summed E-state index contributed by atoms with van der Waals surface area (Å²) < 4.78 is 2.78. The first-order chi connectivity index (χ1) is 12.3. The number of nitrogens with zero attached hydrogens (tertiary/aromatic N) is 5. The van der Waals surface area contributed by atoms with Crippen LogP contribution in [0.25, 0.3) is 15.5 Å². The molecular weight excluding hydrogens is 418 g/mol. The van der Waals surface area contributed by atoms with Crippen molar-refractivity contribution in [2.45, 2.75) is 12.2 Å². The summed E-state index contributed by atoms with van der Waals surface area (Å²) in [5.41, 5.74) is 2.34. The van der Waals surface area contributed by atoms with Gasteiger partial charge in [0.25, 0.3) is 0 Å². The van der Waals surface area contributed by atoms with Gasteiger partial charge in [-0.3, -0.25) is 4.98 Å². The van der Waals surface area contributed by atoms with Gasteiger partial charge in [0.1, 0.15) is 5.01 Å². The summed E-state index contributed by atoms with van der Waals surface area (Å²) in [6, 6.07) is 12.5. The number of aromatic nitrogens is 5. The molecule has 0 bridgehead atoms. The number of hydrogen-bond donors (Lipinski definition) is 0. The van der Waals surface area contributed by atoms with Crippen LogP contribution in [0, 0.1) is 0 Å². The van der Waals surface area contributed by atoms with Crippen molar-refractivity contribution in [2.24, 2.45) is 0 Å². The van der Waals surface area contributed by atoms with Gasteiger partial charge >= 0.3 is 0 Å². The summed E-state index contributed by atoms with van der Waals surface area (Å²) in [5.74, 6) is 2.73. The zero-order valence-electron chi connectivity index (χ0n) is 13.2. The van der Waals surface area contributed by atoms with Crippen molar-refractivity contribution in [3.05, 3.63) is 64.7 Å². The summed E-state index contributed by atoms with van der Waals surface area (Å²) in [6.45, 7) is 0. The summed E-state index contributed by atoms with van der Waals surface area (Å²) in [7, 11) is 0. The minimum Gasteiger partial charge on any atom is -0.263 e. The third kappa shape index (κ3) is 3.91.